The van der Waals surface area contributed by atoms with Gasteiger partial charge in [0.2, 0.25) is 5.91 Å². The number of nitrogens with two attached hydrogens (primary N) is 1. The number of carboxylic acid groups (broad SMARTS) is 1. The van der Waals surface area contributed by atoms with Gasteiger partial charge in [-0.05, 0) is 30.2 Å². The second-order valence-electron chi connectivity index (χ2n) is 6.30. The number of carboxylic acids is 1. The molecular formula is C18H19N3O6S. The van der Waals surface area contributed by atoms with Crippen LogP contribution in [0.5, 0.6) is 11.5 Å². The van der Waals surface area contributed by atoms with Crippen LogP contribution in [-0.4, -0.2) is 55.2 Å². The summed E-state index contributed by atoms with van der Waals surface area (Å²) in [6.45, 7) is 1.76. The summed E-state index contributed by atoms with van der Waals surface area (Å²) in [4.78, 5) is 37.7. The number of carbonyl (C=O) groups is 3. The Balaban J connectivity index is 1.75. The molecule has 9 nitrogen and oxygen atoms in total. The Labute approximate surface area is 164 Å². The molecule has 0 bridgehead atoms. The van der Waals surface area contributed by atoms with Crippen LogP contribution in [0.3, 0.4) is 0 Å². The van der Waals surface area contributed by atoms with E-state index >= 15 is 0 Å². The van der Waals surface area contributed by atoms with Crippen molar-refractivity contribution in [3.63, 3.8) is 0 Å². The van der Waals surface area contributed by atoms with Crippen molar-refractivity contribution in [3.8, 4) is 11.5 Å². The fourth-order valence-electron chi connectivity index (χ4n) is 3.10. The molecule has 1 aromatic rings. The molecule has 0 radical (unpaired) electrons. The van der Waals surface area contributed by atoms with Gasteiger partial charge in [-0.2, -0.15) is 0 Å². The smallest absolute Gasteiger partial charge is 0.352 e. The highest BCUT2D eigenvalue weighted by atomic mass is 32.2. The van der Waals surface area contributed by atoms with Gasteiger partial charge in [0.05, 0.1) is 0 Å². The maximum Gasteiger partial charge on any atom is 0.352 e. The highest BCUT2D eigenvalue weighted by Gasteiger charge is 2.54. The number of fused-ring (bicyclic) bond motifs is 1. The number of rotatable bonds is 5. The summed E-state index contributed by atoms with van der Waals surface area (Å²) in [7, 11) is 0. The topological polar surface area (TPSA) is 153 Å². The maximum atomic E-state index is 12.5. The number of aromatic hydroxyl groups is 2. The molecule has 1 saturated heterocycles. The number of nitrogens with one attached hydrogen (secondary N) is 1. The van der Waals surface area contributed by atoms with Crippen molar-refractivity contribution in [2.75, 3.05) is 5.75 Å². The number of β-lactam (4-membered cyclic amide) rings is 1. The number of allylic oxidation sites excluding steroid dienone is 2. The lowest BCUT2D eigenvalue weighted by Gasteiger charge is -2.49. The van der Waals surface area contributed by atoms with Crippen molar-refractivity contribution in [1.29, 1.82) is 0 Å². The molecule has 2 heterocycles. The van der Waals surface area contributed by atoms with E-state index in [4.69, 9.17) is 5.73 Å². The number of amides is 2. The molecule has 2 amide bonds. The van der Waals surface area contributed by atoms with Crippen LogP contribution in [0.25, 0.3) is 0 Å². The Morgan fingerprint density at radius 1 is 1.36 bits per heavy atom. The van der Waals surface area contributed by atoms with E-state index in [9.17, 15) is 29.7 Å². The lowest BCUT2D eigenvalue weighted by molar-refractivity contribution is -0.150. The van der Waals surface area contributed by atoms with Crippen LogP contribution < -0.4 is 11.1 Å². The van der Waals surface area contributed by atoms with Crippen LogP contribution in [0, 0.1) is 0 Å². The molecule has 28 heavy (non-hydrogen) atoms. The lowest BCUT2D eigenvalue weighted by Crippen LogP contribution is -2.71. The molecule has 0 spiro atoms. The first-order valence-electron chi connectivity index (χ1n) is 8.38. The van der Waals surface area contributed by atoms with Crippen LogP contribution in [0.2, 0.25) is 0 Å². The fraction of sp³-hybridized carbons (Fsp3) is 0.278. The summed E-state index contributed by atoms with van der Waals surface area (Å²) >= 11 is 1.35. The van der Waals surface area contributed by atoms with Crippen molar-refractivity contribution in [2.24, 2.45) is 5.73 Å². The van der Waals surface area contributed by atoms with E-state index in [0.717, 1.165) is 0 Å². The van der Waals surface area contributed by atoms with Gasteiger partial charge in [0.15, 0.2) is 11.5 Å². The molecular weight excluding hydrogens is 386 g/mol. The van der Waals surface area contributed by atoms with Crippen LogP contribution in [0.15, 0.2) is 41.6 Å². The average Bonchev–Trinajstić information content (AvgIpc) is 2.67. The number of hydrogen-bond acceptors (Lipinski definition) is 7. The Morgan fingerprint density at radius 2 is 2.07 bits per heavy atom. The maximum absolute atomic E-state index is 12.5. The summed E-state index contributed by atoms with van der Waals surface area (Å²) in [5.74, 6) is -2.74. The average molecular weight is 405 g/mol. The molecule has 6 N–H and O–H groups in total. The molecule has 1 unspecified atom stereocenters. The van der Waals surface area contributed by atoms with Crippen LogP contribution in [0.4, 0.5) is 0 Å². The molecule has 148 valence electrons. The number of carbonyl (C=O) groups excluding carboxylic acids is 2. The minimum atomic E-state index is -1.20. The summed E-state index contributed by atoms with van der Waals surface area (Å²) < 4.78 is 0. The molecule has 0 aromatic heterocycles. The van der Waals surface area contributed by atoms with E-state index in [-0.39, 0.29) is 17.0 Å². The summed E-state index contributed by atoms with van der Waals surface area (Å²) in [6.07, 6.45) is 3.36. The number of phenols is 2. The van der Waals surface area contributed by atoms with Gasteiger partial charge in [-0.15, -0.1) is 11.8 Å². The van der Waals surface area contributed by atoms with Gasteiger partial charge in [0.25, 0.3) is 5.91 Å². The van der Waals surface area contributed by atoms with Crippen LogP contribution in [0.1, 0.15) is 18.5 Å². The van der Waals surface area contributed by atoms with Crippen molar-refractivity contribution in [3.05, 3.63) is 47.2 Å². The third-order valence-electron chi connectivity index (χ3n) is 4.51. The number of nitrogens with zero attached hydrogens (tertiary/aromatic N) is 1. The van der Waals surface area contributed by atoms with Gasteiger partial charge in [-0.3, -0.25) is 14.5 Å². The van der Waals surface area contributed by atoms with E-state index in [0.29, 0.717) is 11.3 Å². The number of phenolic OH excluding ortho intramolecular Hbond substituents is 2. The molecule has 0 saturated carbocycles. The Kier molecular flexibility index (Phi) is 5.34. The monoisotopic (exact) mass is 405 g/mol. The van der Waals surface area contributed by atoms with Gasteiger partial charge < -0.3 is 26.4 Å². The third-order valence-corrected chi connectivity index (χ3v) is 5.81. The van der Waals surface area contributed by atoms with Gasteiger partial charge >= 0.3 is 5.97 Å². The van der Waals surface area contributed by atoms with Gasteiger partial charge in [-0.25, -0.2) is 4.79 Å². The molecule has 2 aliphatic heterocycles. The van der Waals surface area contributed by atoms with E-state index in [1.807, 2.05) is 0 Å². The normalized spacial score (nSPS) is 22.6. The van der Waals surface area contributed by atoms with E-state index in [1.54, 1.807) is 19.1 Å². The van der Waals surface area contributed by atoms with E-state index < -0.39 is 41.0 Å². The van der Waals surface area contributed by atoms with Crippen LogP contribution in [-0.2, 0) is 14.4 Å². The number of aliphatic carboxylic acids is 1. The Morgan fingerprint density at radius 3 is 2.68 bits per heavy atom. The molecule has 10 heteroatoms. The SMILES string of the molecule is CC=CC1=C(C(=O)O)N2C(=O)[C@@H](NC(=O)C(N)c3ccc(O)c(O)c3)[C@@H]2SC1. The van der Waals surface area contributed by atoms with Crippen molar-refractivity contribution < 1.29 is 29.7 Å². The summed E-state index contributed by atoms with van der Waals surface area (Å²) in [5.41, 5.74) is 6.60. The zero-order valence-electron chi connectivity index (χ0n) is 14.8. The summed E-state index contributed by atoms with van der Waals surface area (Å²) in [5, 5.41) is 30.4. The van der Waals surface area contributed by atoms with Crippen molar-refractivity contribution >= 4 is 29.5 Å². The van der Waals surface area contributed by atoms with Gasteiger partial charge in [-0.1, -0.05) is 18.2 Å². The van der Waals surface area contributed by atoms with Crippen LogP contribution >= 0.6 is 11.8 Å². The lowest BCUT2D eigenvalue weighted by atomic mass is 10.0. The molecule has 1 aromatic carbocycles. The second kappa shape index (κ2) is 7.56. The first kappa shape index (κ1) is 19.8. The predicted octanol–water partition coefficient (Wildman–Crippen LogP) is 0.412. The third kappa shape index (κ3) is 3.32. The Bertz CT molecular complexity index is 913. The van der Waals surface area contributed by atoms with Crippen molar-refractivity contribution in [2.45, 2.75) is 24.4 Å². The highest BCUT2D eigenvalue weighted by molar-refractivity contribution is 8.00. The fourth-order valence-corrected chi connectivity index (χ4v) is 4.42. The van der Waals surface area contributed by atoms with Gasteiger partial charge in [0.1, 0.15) is 23.2 Å². The highest BCUT2D eigenvalue weighted by Crippen LogP contribution is 2.40. The standard InChI is InChI=1S/C18H19N3O6S/c1-2-3-9-7-28-17-13(16(25)21(17)14(9)18(26)27)20-15(24)12(19)8-4-5-10(22)11(23)6-8/h2-6,12-13,17,22-23H,7,19H2,1H3,(H,20,24)(H,26,27)/t12?,13-,17+/m1/s1. The zero-order chi connectivity index (χ0) is 20.6. The number of benzene rings is 1. The molecule has 3 rings (SSSR count). The minimum absolute atomic E-state index is 0.0786. The first-order valence-corrected chi connectivity index (χ1v) is 9.42. The largest absolute Gasteiger partial charge is 0.504 e. The van der Waals surface area contributed by atoms with Gasteiger partial charge in [0, 0.05) is 5.75 Å². The van der Waals surface area contributed by atoms with Crippen molar-refractivity contribution in [1.82, 2.24) is 10.2 Å². The van der Waals surface area contributed by atoms with E-state index in [2.05, 4.69) is 5.32 Å². The molecule has 1 fully saturated rings. The second-order valence-corrected chi connectivity index (χ2v) is 7.41. The predicted molar refractivity (Wildman–Crippen MR) is 101 cm³/mol. The minimum Gasteiger partial charge on any atom is -0.504 e. The number of thioether (sulfide) groups is 1. The first-order chi connectivity index (χ1) is 13.3. The van der Waals surface area contributed by atoms with E-state index in [1.165, 1.54) is 34.9 Å². The Hall–Kier alpha value is -2.98. The molecule has 0 aliphatic carbocycles. The number of hydrogen-bond donors (Lipinski definition) is 5. The molecule has 2 aliphatic rings. The summed E-state index contributed by atoms with van der Waals surface area (Å²) in [6, 6.07) is 1.69. The molecule has 3 atom stereocenters. The quantitative estimate of drug-likeness (QED) is 0.349. The zero-order valence-corrected chi connectivity index (χ0v) is 15.6.